The minimum Gasteiger partial charge on any atom is -0.320 e. The number of hydrogen-bond acceptors (Lipinski definition) is 4. The molecule has 1 aromatic heterocycles. The molecule has 0 saturated carbocycles. The van der Waals surface area contributed by atoms with E-state index in [1.165, 1.54) is 43.8 Å². The Balaban J connectivity index is 1.62. The molecular weight excluding hydrogens is 278 g/mol. The van der Waals surface area contributed by atoms with E-state index in [-0.39, 0.29) is 0 Å². The highest BCUT2D eigenvalue weighted by Gasteiger charge is 2.32. The fraction of sp³-hybridized carbons (Fsp3) is 0.647. The van der Waals surface area contributed by atoms with Crippen LogP contribution in [0.15, 0.2) is 11.4 Å². The topological polar surface area (TPSA) is 32.5 Å². The third kappa shape index (κ3) is 3.67. The summed E-state index contributed by atoms with van der Waals surface area (Å²) < 4.78 is 0. The number of piperazine rings is 1. The van der Waals surface area contributed by atoms with Gasteiger partial charge in [0.15, 0.2) is 0 Å². The van der Waals surface area contributed by atoms with Gasteiger partial charge in [-0.25, -0.2) is 0 Å². The number of rotatable bonds is 2. The second-order valence-corrected chi connectivity index (χ2v) is 7.23. The minimum atomic E-state index is 0.436. The van der Waals surface area contributed by atoms with E-state index in [4.69, 9.17) is 5.73 Å². The lowest BCUT2D eigenvalue weighted by atomic mass is 9.97. The van der Waals surface area contributed by atoms with Gasteiger partial charge in [-0.2, -0.15) is 0 Å². The Kier molecular flexibility index (Phi) is 4.97. The first kappa shape index (κ1) is 15.1. The maximum atomic E-state index is 5.43. The van der Waals surface area contributed by atoms with Gasteiger partial charge in [-0.05, 0) is 32.4 Å². The Bertz CT molecular complexity index is 528. The smallest absolute Gasteiger partial charge is 0.0555 e. The number of fused-ring (bicyclic) bond motifs is 1. The zero-order valence-corrected chi connectivity index (χ0v) is 13.7. The summed E-state index contributed by atoms with van der Waals surface area (Å²) in [7, 11) is 0. The average molecular weight is 303 g/mol. The van der Waals surface area contributed by atoms with Gasteiger partial charge >= 0.3 is 0 Å². The van der Waals surface area contributed by atoms with Crippen LogP contribution in [0.1, 0.15) is 36.6 Å². The summed E-state index contributed by atoms with van der Waals surface area (Å²) in [5.74, 6) is 6.06. The van der Waals surface area contributed by atoms with Crippen LogP contribution in [-0.2, 0) is 6.54 Å². The quantitative estimate of drug-likeness (QED) is 0.850. The summed E-state index contributed by atoms with van der Waals surface area (Å²) in [6.07, 6.45) is 4.17. The van der Waals surface area contributed by atoms with Gasteiger partial charge in [-0.1, -0.05) is 18.3 Å². The van der Waals surface area contributed by atoms with Crippen molar-refractivity contribution in [3.63, 3.8) is 0 Å². The molecule has 0 aliphatic carbocycles. The third-order valence-corrected chi connectivity index (χ3v) is 5.59. The van der Waals surface area contributed by atoms with E-state index in [1.807, 2.05) is 11.3 Å². The Morgan fingerprint density at radius 2 is 2.29 bits per heavy atom. The number of nitrogens with zero attached hydrogens (tertiary/aromatic N) is 2. The zero-order chi connectivity index (χ0) is 14.7. The van der Waals surface area contributed by atoms with E-state index in [1.54, 1.807) is 0 Å². The molecule has 0 radical (unpaired) electrons. The summed E-state index contributed by atoms with van der Waals surface area (Å²) >= 11 is 1.83. The summed E-state index contributed by atoms with van der Waals surface area (Å²) in [5.41, 5.74) is 6.55. The van der Waals surface area contributed by atoms with Crippen LogP contribution in [0.5, 0.6) is 0 Å². The molecule has 4 heteroatoms. The van der Waals surface area contributed by atoms with Crippen LogP contribution in [-0.4, -0.2) is 48.1 Å². The molecule has 21 heavy (non-hydrogen) atoms. The van der Waals surface area contributed by atoms with Gasteiger partial charge in [0.25, 0.3) is 0 Å². The second-order valence-electron chi connectivity index (χ2n) is 6.23. The Morgan fingerprint density at radius 1 is 1.38 bits per heavy atom. The molecule has 2 fully saturated rings. The maximum Gasteiger partial charge on any atom is 0.0555 e. The van der Waals surface area contributed by atoms with Crippen LogP contribution in [0.3, 0.4) is 0 Å². The first-order valence-electron chi connectivity index (χ1n) is 8.00. The molecule has 2 saturated heterocycles. The van der Waals surface area contributed by atoms with Gasteiger partial charge in [0, 0.05) is 47.5 Å². The van der Waals surface area contributed by atoms with Crippen LogP contribution in [0.4, 0.5) is 0 Å². The lowest BCUT2D eigenvalue weighted by molar-refractivity contribution is 0.0116. The molecule has 3 nitrogen and oxygen atoms in total. The van der Waals surface area contributed by atoms with Crippen LogP contribution in [0, 0.1) is 11.8 Å². The van der Waals surface area contributed by atoms with E-state index in [2.05, 4.69) is 40.0 Å². The van der Waals surface area contributed by atoms with Gasteiger partial charge in [0.2, 0.25) is 0 Å². The molecule has 1 aromatic rings. The summed E-state index contributed by atoms with van der Waals surface area (Å²) in [5, 5.41) is 2.15. The predicted molar refractivity (Wildman–Crippen MR) is 89.3 cm³/mol. The Morgan fingerprint density at radius 3 is 3.14 bits per heavy atom. The van der Waals surface area contributed by atoms with Crippen LogP contribution in [0.25, 0.3) is 0 Å². The second kappa shape index (κ2) is 6.93. The first-order valence-corrected chi connectivity index (χ1v) is 8.88. The van der Waals surface area contributed by atoms with E-state index in [9.17, 15) is 0 Å². The van der Waals surface area contributed by atoms with Gasteiger partial charge in [-0.15, -0.1) is 11.3 Å². The van der Waals surface area contributed by atoms with Crippen molar-refractivity contribution in [2.45, 2.75) is 44.8 Å². The van der Waals surface area contributed by atoms with Crippen molar-refractivity contribution >= 4 is 11.3 Å². The summed E-state index contributed by atoms with van der Waals surface area (Å²) in [4.78, 5) is 6.78. The SMILES string of the molecule is CC1CN2CCCCC2CN1Cc1cc(C#CCN)cs1. The Labute approximate surface area is 132 Å². The fourth-order valence-electron chi connectivity index (χ4n) is 3.52. The molecule has 2 unspecified atom stereocenters. The van der Waals surface area contributed by atoms with Crippen molar-refractivity contribution in [2.24, 2.45) is 5.73 Å². The largest absolute Gasteiger partial charge is 0.320 e. The highest BCUT2D eigenvalue weighted by atomic mass is 32.1. The van der Waals surface area contributed by atoms with Gasteiger partial charge in [0.05, 0.1) is 6.54 Å². The van der Waals surface area contributed by atoms with Crippen molar-refractivity contribution in [2.75, 3.05) is 26.2 Å². The van der Waals surface area contributed by atoms with E-state index >= 15 is 0 Å². The van der Waals surface area contributed by atoms with Gasteiger partial charge in [-0.3, -0.25) is 9.80 Å². The molecule has 0 amide bonds. The number of nitrogens with two attached hydrogens (primary N) is 1. The highest BCUT2D eigenvalue weighted by molar-refractivity contribution is 7.10. The van der Waals surface area contributed by atoms with E-state index in [0.717, 1.165) is 18.2 Å². The van der Waals surface area contributed by atoms with Crippen molar-refractivity contribution in [3.05, 3.63) is 21.9 Å². The molecule has 3 rings (SSSR count). The highest BCUT2D eigenvalue weighted by Crippen LogP contribution is 2.26. The van der Waals surface area contributed by atoms with E-state index in [0.29, 0.717) is 12.6 Å². The standard InChI is InChI=1S/C17H25N3S/c1-14-10-19-8-3-2-6-16(19)11-20(14)12-17-9-15(13-21-17)5-4-7-18/h9,13-14,16H,2-3,6-8,10-12,18H2,1H3. The summed E-state index contributed by atoms with van der Waals surface area (Å²) in [6, 6.07) is 3.67. The first-order chi connectivity index (χ1) is 10.3. The van der Waals surface area contributed by atoms with Crippen molar-refractivity contribution in [3.8, 4) is 11.8 Å². The van der Waals surface area contributed by atoms with Crippen molar-refractivity contribution in [1.29, 1.82) is 0 Å². The van der Waals surface area contributed by atoms with Gasteiger partial charge in [0.1, 0.15) is 0 Å². The molecule has 0 bridgehead atoms. The Hall–Kier alpha value is -0.860. The lowest BCUT2D eigenvalue weighted by Gasteiger charge is -2.47. The monoisotopic (exact) mass is 303 g/mol. The fourth-order valence-corrected chi connectivity index (χ4v) is 4.36. The molecule has 0 aromatic carbocycles. The van der Waals surface area contributed by atoms with Crippen LogP contribution < -0.4 is 5.73 Å². The minimum absolute atomic E-state index is 0.436. The molecule has 2 atom stereocenters. The van der Waals surface area contributed by atoms with Crippen LogP contribution in [0.2, 0.25) is 0 Å². The molecular formula is C17H25N3S. The molecule has 114 valence electrons. The van der Waals surface area contributed by atoms with Gasteiger partial charge < -0.3 is 5.73 Å². The van der Waals surface area contributed by atoms with Crippen molar-refractivity contribution < 1.29 is 0 Å². The molecule has 3 heterocycles. The van der Waals surface area contributed by atoms with E-state index < -0.39 is 0 Å². The lowest BCUT2D eigenvalue weighted by Crippen LogP contribution is -2.58. The molecule has 2 aliphatic heterocycles. The summed E-state index contributed by atoms with van der Waals surface area (Å²) in [6.45, 7) is 7.64. The number of hydrogen-bond donors (Lipinski definition) is 1. The molecule has 0 spiro atoms. The average Bonchev–Trinajstić information content (AvgIpc) is 2.93. The molecule has 2 aliphatic rings. The van der Waals surface area contributed by atoms with Crippen molar-refractivity contribution in [1.82, 2.24) is 9.80 Å². The number of piperidine rings is 1. The normalized spacial score (nSPS) is 27.0. The molecule has 2 N–H and O–H groups in total. The number of thiophene rings is 1. The van der Waals surface area contributed by atoms with Crippen LogP contribution >= 0.6 is 11.3 Å². The maximum absolute atomic E-state index is 5.43. The zero-order valence-electron chi connectivity index (χ0n) is 12.8. The third-order valence-electron chi connectivity index (χ3n) is 4.66. The predicted octanol–water partition coefficient (Wildman–Crippen LogP) is 2.12.